The highest BCUT2D eigenvalue weighted by Crippen LogP contribution is 2.42. The predicted molar refractivity (Wildman–Crippen MR) is 73.6 cm³/mol. The summed E-state index contributed by atoms with van der Waals surface area (Å²) < 4.78 is 11.8. The molecule has 0 aromatic rings. The lowest BCUT2D eigenvalue weighted by Crippen LogP contribution is -2.31. The second-order valence-electron chi connectivity index (χ2n) is 4.76. The molecule has 0 saturated carbocycles. The number of nitrogens with zero attached hydrogens (tertiary/aromatic N) is 2. The van der Waals surface area contributed by atoms with Crippen LogP contribution in [0.5, 0.6) is 0 Å². The van der Waals surface area contributed by atoms with Gasteiger partial charge in [-0.2, -0.15) is 10.1 Å². The Kier molecular flexibility index (Phi) is 6.36. The molecular formula is C13H23N2O2P. The third-order valence-corrected chi connectivity index (χ3v) is 4.40. The van der Waals surface area contributed by atoms with E-state index in [-0.39, 0.29) is 0 Å². The monoisotopic (exact) mass is 270 g/mol. The van der Waals surface area contributed by atoms with Crippen molar-refractivity contribution in [3.8, 4) is 0 Å². The normalized spacial score (nSPS) is 22.9. The summed E-state index contributed by atoms with van der Waals surface area (Å²) in [5.74, 6) is 1.82. The fourth-order valence-corrected chi connectivity index (χ4v) is 3.31. The highest BCUT2D eigenvalue weighted by molar-refractivity contribution is 7.50. The Labute approximate surface area is 111 Å². The molecule has 0 unspecified atom stereocenters. The van der Waals surface area contributed by atoms with Gasteiger partial charge in [0.2, 0.25) is 8.38 Å². The van der Waals surface area contributed by atoms with E-state index in [4.69, 9.17) is 9.25 Å². The molecule has 102 valence electrons. The first-order valence-electron chi connectivity index (χ1n) is 6.90. The summed E-state index contributed by atoms with van der Waals surface area (Å²) in [6.45, 7) is 7.65. The molecule has 0 spiro atoms. The van der Waals surface area contributed by atoms with Crippen molar-refractivity contribution in [2.75, 3.05) is 26.2 Å². The molecule has 4 nitrogen and oxygen atoms in total. The standard InChI is InChI=1S/C13H23N2O2P/c1-2-13-18(16-14-9-5-3-6-10-14)17-15-11-7-4-8-12-15/h13H,1,3-12H2. The Morgan fingerprint density at radius 2 is 1.28 bits per heavy atom. The van der Waals surface area contributed by atoms with Gasteiger partial charge < -0.3 is 0 Å². The van der Waals surface area contributed by atoms with Crippen LogP contribution < -0.4 is 0 Å². The van der Waals surface area contributed by atoms with Crippen molar-refractivity contribution in [3.05, 3.63) is 18.1 Å². The van der Waals surface area contributed by atoms with E-state index in [1.807, 2.05) is 15.9 Å². The Morgan fingerprint density at radius 3 is 1.67 bits per heavy atom. The molecule has 2 rings (SSSR count). The van der Waals surface area contributed by atoms with E-state index < -0.39 is 8.38 Å². The second-order valence-corrected chi connectivity index (χ2v) is 5.92. The summed E-state index contributed by atoms with van der Waals surface area (Å²) in [5, 5.41) is 4.07. The predicted octanol–water partition coefficient (Wildman–Crippen LogP) is 3.43. The minimum absolute atomic E-state index is 1.01. The number of hydroxylamine groups is 4. The summed E-state index contributed by atoms with van der Waals surface area (Å²) in [6.07, 6.45) is 7.47. The van der Waals surface area contributed by atoms with Crippen LogP contribution >= 0.6 is 8.38 Å². The van der Waals surface area contributed by atoms with Crippen LogP contribution in [0.4, 0.5) is 0 Å². The van der Waals surface area contributed by atoms with Crippen LogP contribution in [0.2, 0.25) is 0 Å². The van der Waals surface area contributed by atoms with Gasteiger partial charge >= 0.3 is 0 Å². The van der Waals surface area contributed by atoms with E-state index in [0.717, 1.165) is 26.2 Å². The van der Waals surface area contributed by atoms with Gasteiger partial charge in [-0.15, -0.1) is 5.73 Å². The van der Waals surface area contributed by atoms with Gasteiger partial charge in [0.15, 0.2) is 0 Å². The van der Waals surface area contributed by atoms with Gasteiger partial charge in [-0.1, -0.05) is 19.4 Å². The molecule has 2 fully saturated rings. The maximum absolute atomic E-state index is 5.91. The van der Waals surface area contributed by atoms with Crippen LogP contribution in [0.1, 0.15) is 38.5 Å². The van der Waals surface area contributed by atoms with E-state index in [9.17, 15) is 0 Å². The SMILES string of the molecule is C=C=CP(ON1CCCCC1)ON1CCCCC1. The van der Waals surface area contributed by atoms with Crippen LogP contribution in [0.25, 0.3) is 0 Å². The zero-order valence-electron chi connectivity index (χ0n) is 11.0. The molecule has 0 bridgehead atoms. The average molecular weight is 270 g/mol. The molecule has 0 amide bonds. The van der Waals surface area contributed by atoms with Gasteiger partial charge in [0.1, 0.15) is 0 Å². The van der Waals surface area contributed by atoms with Crippen molar-refractivity contribution in [1.29, 1.82) is 0 Å². The summed E-state index contributed by atoms with van der Waals surface area (Å²) in [7, 11) is -1.05. The van der Waals surface area contributed by atoms with E-state index in [2.05, 4.69) is 12.3 Å². The maximum Gasteiger partial charge on any atom is 0.245 e. The Morgan fingerprint density at radius 1 is 0.833 bits per heavy atom. The third-order valence-electron chi connectivity index (χ3n) is 3.22. The molecule has 0 aliphatic carbocycles. The molecule has 0 aromatic carbocycles. The van der Waals surface area contributed by atoms with E-state index in [1.165, 1.54) is 38.5 Å². The van der Waals surface area contributed by atoms with E-state index >= 15 is 0 Å². The highest BCUT2D eigenvalue weighted by atomic mass is 31.2. The topological polar surface area (TPSA) is 24.9 Å². The number of hydrogen-bond donors (Lipinski definition) is 0. The lowest BCUT2D eigenvalue weighted by atomic mass is 10.2. The zero-order chi connectivity index (χ0) is 12.6. The smallest absolute Gasteiger partial charge is 0.240 e. The number of piperidine rings is 2. The Balaban J connectivity index is 1.80. The molecule has 2 saturated heterocycles. The lowest BCUT2D eigenvalue weighted by Gasteiger charge is -2.31. The summed E-state index contributed by atoms with van der Waals surface area (Å²) in [6, 6.07) is 0. The van der Waals surface area contributed by atoms with Crippen molar-refractivity contribution < 1.29 is 9.25 Å². The quantitative estimate of drug-likeness (QED) is 0.564. The van der Waals surface area contributed by atoms with E-state index in [1.54, 1.807) is 0 Å². The van der Waals surface area contributed by atoms with Gasteiger partial charge in [-0.3, -0.25) is 0 Å². The molecule has 0 radical (unpaired) electrons. The molecule has 2 aliphatic rings. The van der Waals surface area contributed by atoms with Crippen molar-refractivity contribution in [2.45, 2.75) is 38.5 Å². The lowest BCUT2D eigenvalue weighted by molar-refractivity contribution is -0.118. The van der Waals surface area contributed by atoms with Crippen molar-refractivity contribution >= 4 is 8.38 Å². The van der Waals surface area contributed by atoms with Crippen molar-refractivity contribution in [2.24, 2.45) is 0 Å². The van der Waals surface area contributed by atoms with Gasteiger partial charge in [0.05, 0.1) is 0 Å². The molecular weight excluding hydrogens is 247 g/mol. The minimum Gasteiger partial charge on any atom is -0.240 e. The van der Waals surface area contributed by atoms with E-state index in [0.29, 0.717) is 0 Å². The molecule has 2 aliphatic heterocycles. The zero-order valence-corrected chi connectivity index (χ0v) is 11.9. The number of rotatable bonds is 5. The second kappa shape index (κ2) is 8.06. The van der Waals surface area contributed by atoms with Crippen LogP contribution in [0.3, 0.4) is 0 Å². The van der Waals surface area contributed by atoms with Crippen molar-refractivity contribution in [1.82, 2.24) is 10.1 Å². The van der Waals surface area contributed by atoms with Gasteiger partial charge in [0.25, 0.3) is 0 Å². The van der Waals surface area contributed by atoms with Gasteiger partial charge in [0, 0.05) is 32.0 Å². The summed E-state index contributed by atoms with van der Waals surface area (Å²) in [4.78, 5) is 0. The summed E-state index contributed by atoms with van der Waals surface area (Å²) >= 11 is 0. The molecule has 5 heteroatoms. The fraction of sp³-hybridized carbons (Fsp3) is 0.769. The molecule has 18 heavy (non-hydrogen) atoms. The first kappa shape index (κ1) is 14.2. The Hall–Kier alpha value is -0.210. The molecule has 0 aromatic heterocycles. The number of hydrogen-bond acceptors (Lipinski definition) is 4. The van der Waals surface area contributed by atoms with Crippen molar-refractivity contribution in [3.63, 3.8) is 0 Å². The summed E-state index contributed by atoms with van der Waals surface area (Å²) in [5.41, 5.74) is 2.80. The molecule has 0 N–H and O–H groups in total. The maximum atomic E-state index is 5.91. The first-order chi connectivity index (χ1) is 8.88. The first-order valence-corrected chi connectivity index (χ1v) is 8.14. The largest absolute Gasteiger partial charge is 0.245 e. The van der Waals surface area contributed by atoms with Crippen LogP contribution in [0, 0.1) is 0 Å². The molecule has 2 heterocycles. The van der Waals surface area contributed by atoms with Crippen LogP contribution in [0.15, 0.2) is 18.1 Å². The average Bonchev–Trinajstić information content (AvgIpc) is 2.41. The van der Waals surface area contributed by atoms with Gasteiger partial charge in [-0.05, 0) is 25.7 Å². The Bertz CT molecular complexity index is 263. The highest BCUT2D eigenvalue weighted by Gasteiger charge is 2.21. The molecule has 0 atom stereocenters. The van der Waals surface area contributed by atoms with Crippen LogP contribution in [-0.4, -0.2) is 36.3 Å². The fourth-order valence-electron chi connectivity index (χ4n) is 2.26. The van der Waals surface area contributed by atoms with Gasteiger partial charge in [-0.25, -0.2) is 9.25 Å². The minimum atomic E-state index is -1.05. The third kappa shape index (κ3) is 4.81. The van der Waals surface area contributed by atoms with Crippen LogP contribution in [-0.2, 0) is 9.25 Å².